The predicted octanol–water partition coefficient (Wildman–Crippen LogP) is 5.91. The molecule has 0 fully saturated rings. The van der Waals surface area contributed by atoms with E-state index >= 15 is 0 Å². The van der Waals surface area contributed by atoms with Crippen LogP contribution in [0.5, 0.6) is 5.75 Å². The molecule has 0 heterocycles. The number of phenolic OH excluding ortho intramolecular Hbond substituents is 1. The van der Waals surface area contributed by atoms with E-state index in [0.29, 0.717) is 29.3 Å². The minimum atomic E-state index is -0.276. The molecule has 0 aliphatic rings. The molecular formula is C22H18BrFO2. The van der Waals surface area contributed by atoms with Crippen molar-refractivity contribution >= 4 is 21.7 Å². The lowest BCUT2D eigenvalue weighted by molar-refractivity contribution is 0.0982. The average Bonchev–Trinajstić information content (AvgIpc) is 2.67. The smallest absolute Gasteiger partial charge is 0.163 e. The van der Waals surface area contributed by atoms with E-state index in [4.69, 9.17) is 0 Å². The third kappa shape index (κ3) is 4.02. The first-order valence-electron chi connectivity index (χ1n) is 8.34. The maximum absolute atomic E-state index is 14.1. The molecule has 0 saturated heterocycles. The summed E-state index contributed by atoms with van der Waals surface area (Å²) in [4.78, 5) is 12.5. The van der Waals surface area contributed by atoms with Crippen molar-refractivity contribution in [2.75, 3.05) is 0 Å². The molecular weight excluding hydrogens is 395 g/mol. The number of ketones is 1. The van der Waals surface area contributed by atoms with Gasteiger partial charge in [0, 0.05) is 28.4 Å². The van der Waals surface area contributed by atoms with Gasteiger partial charge >= 0.3 is 0 Å². The van der Waals surface area contributed by atoms with Crippen molar-refractivity contribution in [1.29, 1.82) is 0 Å². The van der Waals surface area contributed by atoms with Gasteiger partial charge in [-0.3, -0.25) is 4.79 Å². The van der Waals surface area contributed by atoms with E-state index in [1.807, 2.05) is 24.3 Å². The summed E-state index contributed by atoms with van der Waals surface area (Å²) in [6.45, 7) is 0. The van der Waals surface area contributed by atoms with Crippen molar-refractivity contribution in [3.05, 3.63) is 89.2 Å². The Labute approximate surface area is 160 Å². The van der Waals surface area contributed by atoms with E-state index in [2.05, 4.69) is 15.9 Å². The minimum absolute atomic E-state index is 0.0511. The zero-order valence-electron chi connectivity index (χ0n) is 14.1. The molecule has 0 atom stereocenters. The fraction of sp³-hybridized carbons (Fsp3) is 0.136. The van der Waals surface area contributed by atoms with Gasteiger partial charge in [0.2, 0.25) is 0 Å². The van der Waals surface area contributed by atoms with E-state index in [1.165, 1.54) is 12.1 Å². The first-order valence-corrected chi connectivity index (χ1v) is 9.46. The van der Waals surface area contributed by atoms with Gasteiger partial charge in [0.15, 0.2) is 5.78 Å². The van der Waals surface area contributed by atoms with Crippen LogP contribution >= 0.6 is 15.9 Å². The summed E-state index contributed by atoms with van der Waals surface area (Å²) >= 11 is 3.29. The normalized spacial score (nSPS) is 10.7. The predicted molar refractivity (Wildman–Crippen MR) is 105 cm³/mol. The number of benzene rings is 3. The molecule has 0 unspecified atom stereocenters. The van der Waals surface area contributed by atoms with Crippen molar-refractivity contribution in [3.8, 4) is 16.9 Å². The van der Waals surface area contributed by atoms with Crippen molar-refractivity contribution in [3.63, 3.8) is 0 Å². The van der Waals surface area contributed by atoms with Crippen molar-refractivity contribution in [1.82, 2.24) is 0 Å². The van der Waals surface area contributed by atoms with Crippen LogP contribution in [0.1, 0.15) is 27.9 Å². The number of alkyl halides is 1. The molecule has 0 aliphatic heterocycles. The van der Waals surface area contributed by atoms with E-state index in [0.717, 1.165) is 16.7 Å². The molecule has 2 nitrogen and oxygen atoms in total. The molecule has 0 radical (unpaired) electrons. The molecule has 0 spiro atoms. The third-order valence-electron chi connectivity index (χ3n) is 4.35. The highest BCUT2D eigenvalue weighted by Crippen LogP contribution is 2.28. The van der Waals surface area contributed by atoms with E-state index in [1.54, 1.807) is 30.3 Å². The van der Waals surface area contributed by atoms with Gasteiger partial charge in [0.1, 0.15) is 11.6 Å². The molecule has 0 bridgehead atoms. The average molecular weight is 413 g/mol. The Kier molecular flexibility index (Phi) is 5.84. The van der Waals surface area contributed by atoms with Crippen molar-refractivity contribution in [2.24, 2.45) is 0 Å². The summed E-state index contributed by atoms with van der Waals surface area (Å²) in [5, 5.41) is 10.5. The molecule has 3 rings (SSSR count). The Balaban J connectivity index is 1.79. The first kappa shape index (κ1) is 18.3. The van der Waals surface area contributed by atoms with Crippen LogP contribution in [-0.2, 0) is 11.8 Å². The number of carbonyl (C=O) groups is 1. The largest absolute Gasteiger partial charge is 0.508 e. The lowest BCUT2D eigenvalue weighted by Crippen LogP contribution is -2.02. The summed E-state index contributed by atoms with van der Waals surface area (Å²) in [6.07, 6.45) is 0.795. The number of halogens is 2. The van der Waals surface area contributed by atoms with Gasteiger partial charge in [-0.1, -0.05) is 70.5 Å². The molecule has 26 heavy (non-hydrogen) atoms. The molecule has 3 aromatic rings. The number of Topliss-reactive ketones (excluding diaryl/α,β-unsaturated/α-hetero) is 1. The van der Waals surface area contributed by atoms with E-state index in [9.17, 15) is 14.3 Å². The van der Waals surface area contributed by atoms with Crippen LogP contribution in [0.2, 0.25) is 0 Å². The summed E-state index contributed by atoms with van der Waals surface area (Å²) < 4.78 is 14.1. The van der Waals surface area contributed by atoms with Crippen molar-refractivity contribution < 1.29 is 14.3 Å². The highest BCUT2D eigenvalue weighted by molar-refractivity contribution is 9.08. The fourth-order valence-corrected chi connectivity index (χ4v) is 3.40. The topological polar surface area (TPSA) is 37.3 Å². The molecule has 0 amide bonds. The monoisotopic (exact) mass is 412 g/mol. The van der Waals surface area contributed by atoms with Crippen LogP contribution in [-0.4, -0.2) is 10.9 Å². The van der Waals surface area contributed by atoms with Gasteiger partial charge in [-0.05, 0) is 29.7 Å². The molecule has 4 heteroatoms. The van der Waals surface area contributed by atoms with Crippen LogP contribution in [0.4, 0.5) is 4.39 Å². The molecule has 1 N–H and O–H groups in total. The van der Waals surface area contributed by atoms with Crippen LogP contribution in [0, 0.1) is 5.82 Å². The number of aryl methyl sites for hydroxylation is 1. The second kappa shape index (κ2) is 8.28. The van der Waals surface area contributed by atoms with Crippen LogP contribution < -0.4 is 0 Å². The van der Waals surface area contributed by atoms with Gasteiger partial charge < -0.3 is 5.11 Å². The molecule has 132 valence electrons. The van der Waals surface area contributed by atoms with Gasteiger partial charge in [-0.25, -0.2) is 4.39 Å². The SMILES string of the molecule is O=C(CCc1ccccc1-c1ccccc1F)c1ccc(CBr)c(O)c1. The van der Waals surface area contributed by atoms with Crippen LogP contribution in [0.25, 0.3) is 11.1 Å². The Morgan fingerprint density at radius 3 is 2.31 bits per heavy atom. The van der Waals surface area contributed by atoms with Crippen LogP contribution in [0.15, 0.2) is 66.7 Å². The number of hydrogen-bond donors (Lipinski definition) is 1. The second-order valence-corrected chi connectivity index (χ2v) is 6.60. The zero-order chi connectivity index (χ0) is 18.5. The van der Waals surface area contributed by atoms with Crippen LogP contribution in [0.3, 0.4) is 0 Å². The summed E-state index contributed by atoms with van der Waals surface area (Å²) in [5.74, 6) is -0.217. The second-order valence-electron chi connectivity index (χ2n) is 6.04. The molecule has 3 aromatic carbocycles. The van der Waals surface area contributed by atoms with E-state index < -0.39 is 0 Å². The van der Waals surface area contributed by atoms with Gasteiger partial charge in [-0.2, -0.15) is 0 Å². The lowest BCUT2D eigenvalue weighted by Gasteiger charge is -2.11. The molecule has 0 aliphatic carbocycles. The van der Waals surface area contributed by atoms with Gasteiger partial charge in [0.25, 0.3) is 0 Å². The third-order valence-corrected chi connectivity index (χ3v) is 4.96. The minimum Gasteiger partial charge on any atom is -0.508 e. The Morgan fingerprint density at radius 2 is 1.62 bits per heavy atom. The Bertz CT molecular complexity index is 937. The Morgan fingerprint density at radius 1 is 0.923 bits per heavy atom. The highest BCUT2D eigenvalue weighted by atomic mass is 79.9. The number of hydrogen-bond acceptors (Lipinski definition) is 2. The first-order chi connectivity index (χ1) is 12.6. The summed E-state index contributed by atoms with van der Waals surface area (Å²) in [5.41, 5.74) is 3.49. The summed E-state index contributed by atoms with van der Waals surface area (Å²) in [7, 11) is 0. The Hall–Kier alpha value is -2.46. The van der Waals surface area contributed by atoms with Crippen molar-refractivity contribution in [2.45, 2.75) is 18.2 Å². The highest BCUT2D eigenvalue weighted by Gasteiger charge is 2.13. The maximum atomic E-state index is 14.1. The maximum Gasteiger partial charge on any atom is 0.163 e. The lowest BCUT2D eigenvalue weighted by atomic mass is 9.94. The van der Waals surface area contributed by atoms with Gasteiger partial charge in [-0.15, -0.1) is 0 Å². The number of rotatable bonds is 6. The fourth-order valence-electron chi connectivity index (χ4n) is 2.92. The number of aromatic hydroxyl groups is 1. The van der Waals surface area contributed by atoms with Gasteiger partial charge in [0.05, 0.1) is 0 Å². The summed E-state index contributed by atoms with van der Waals surface area (Å²) in [6, 6.07) is 19.1. The molecule has 0 saturated carbocycles. The standard InChI is InChI=1S/C22H18BrFO2/c23-14-17-10-9-16(13-22(17)26)21(25)12-11-15-5-1-2-6-18(15)19-7-3-4-8-20(19)24/h1-10,13,26H,11-12,14H2. The van der Waals surface area contributed by atoms with E-state index in [-0.39, 0.29) is 17.3 Å². The quantitative estimate of drug-likeness (QED) is 0.403. The molecule has 0 aromatic heterocycles. The zero-order valence-corrected chi connectivity index (χ0v) is 15.7. The number of carbonyl (C=O) groups excluding carboxylic acids is 1. The number of phenols is 1.